The third-order valence-electron chi connectivity index (χ3n) is 3.70. The lowest BCUT2D eigenvalue weighted by atomic mass is 9.91. The summed E-state index contributed by atoms with van der Waals surface area (Å²) in [5.41, 5.74) is 1.24. The molecule has 1 rings (SSSR count). The van der Waals surface area contributed by atoms with Gasteiger partial charge in [-0.1, -0.05) is 39.7 Å². The molecule has 0 spiro atoms. The van der Waals surface area contributed by atoms with Crippen molar-refractivity contribution >= 4 is 22.6 Å². The van der Waals surface area contributed by atoms with Gasteiger partial charge in [0, 0.05) is 9.61 Å². The monoisotopic (exact) mass is 377 g/mol. The second-order valence-electron chi connectivity index (χ2n) is 5.09. The van der Waals surface area contributed by atoms with Crippen LogP contribution in [0.25, 0.3) is 0 Å². The molecule has 1 aromatic rings. The lowest BCUT2D eigenvalue weighted by molar-refractivity contribution is 0.370. The minimum atomic E-state index is -0.148. The molecule has 0 saturated heterocycles. The Morgan fingerprint density at radius 2 is 1.89 bits per heavy atom. The fourth-order valence-electron chi connectivity index (χ4n) is 2.38. The summed E-state index contributed by atoms with van der Waals surface area (Å²) >= 11 is 2.24. The first-order valence-corrected chi connectivity index (χ1v) is 8.38. The molecule has 3 heteroatoms. The molecule has 0 aliphatic heterocycles. The Morgan fingerprint density at radius 1 is 1.21 bits per heavy atom. The molecule has 0 fully saturated rings. The van der Waals surface area contributed by atoms with Crippen LogP contribution < -0.4 is 5.32 Å². The minimum Gasteiger partial charge on any atom is -0.310 e. The quantitative estimate of drug-likeness (QED) is 0.607. The summed E-state index contributed by atoms with van der Waals surface area (Å²) in [4.78, 5) is 0. The van der Waals surface area contributed by atoms with E-state index in [0.717, 1.165) is 28.9 Å². The Hall–Kier alpha value is -0.160. The summed E-state index contributed by atoms with van der Waals surface area (Å²) in [7, 11) is 0. The number of halogens is 2. The van der Waals surface area contributed by atoms with E-state index in [9.17, 15) is 4.39 Å². The van der Waals surface area contributed by atoms with Crippen LogP contribution in [-0.4, -0.2) is 6.54 Å². The van der Waals surface area contributed by atoms with E-state index in [4.69, 9.17) is 0 Å². The average molecular weight is 377 g/mol. The maximum Gasteiger partial charge on any atom is 0.124 e. The molecule has 0 aliphatic rings. The molecule has 0 bridgehead atoms. The van der Waals surface area contributed by atoms with Crippen LogP contribution in [0.4, 0.5) is 4.39 Å². The van der Waals surface area contributed by atoms with Crippen molar-refractivity contribution in [2.75, 3.05) is 6.54 Å². The Labute approximate surface area is 130 Å². The Bertz CT molecular complexity index is 377. The highest BCUT2D eigenvalue weighted by Crippen LogP contribution is 2.28. The van der Waals surface area contributed by atoms with Gasteiger partial charge in [0.05, 0.1) is 0 Å². The van der Waals surface area contributed by atoms with Crippen LogP contribution in [0.5, 0.6) is 0 Å². The molecule has 19 heavy (non-hydrogen) atoms. The van der Waals surface area contributed by atoms with Crippen molar-refractivity contribution in [2.24, 2.45) is 5.92 Å². The van der Waals surface area contributed by atoms with E-state index in [1.165, 1.54) is 18.4 Å². The Balaban J connectivity index is 2.88. The van der Waals surface area contributed by atoms with E-state index in [0.29, 0.717) is 6.04 Å². The van der Waals surface area contributed by atoms with Gasteiger partial charge in [0.15, 0.2) is 0 Å². The first kappa shape index (κ1) is 16.9. The molecule has 0 amide bonds. The molecule has 0 radical (unpaired) electrons. The van der Waals surface area contributed by atoms with Crippen LogP contribution in [0.3, 0.4) is 0 Å². The molecule has 1 nitrogen and oxygen atoms in total. The molecule has 0 heterocycles. The summed E-state index contributed by atoms with van der Waals surface area (Å²) < 4.78 is 14.3. The van der Waals surface area contributed by atoms with E-state index in [1.54, 1.807) is 12.1 Å². The van der Waals surface area contributed by atoms with Gasteiger partial charge in [-0.05, 0) is 65.6 Å². The van der Waals surface area contributed by atoms with Gasteiger partial charge in [-0.25, -0.2) is 4.39 Å². The van der Waals surface area contributed by atoms with Crippen molar-refractivity contribution in [2.45, 2.75) is 52.5 Å². The lowest BCUT2D eigenvalue weighted by Crippen LogP contribution is -2.25. The van der Waals surface area contributed by atoms with E-state index < -0.39 is 0 Å². The van der Waals surface area contributed by atoms with E-state index >= 15 is 0 Å². The number of rotatable bonds is 8. The number of hydrogen-bond donors (Lipinski definition) is 1. The van der Waals surface area contributed by atoms with Gasteiger partial charge >= 0.3 is 0 Å². The minimum absolute atomic E-state index is 0.148. The highest BCUT2D eigenvalue weighted by Gasteiger charge is 2.18. The van der Waals surface area contributed by atoms with Crippen LogP contribution in [0.1, 0.15) is 58.1 Å². The smallest absolute Gasteiger partial charge is 0.124 e. The molecule has 0 saturated carbocycles. The van der Waals surface area contributed by atoms with E-state index in [1.807, 2.05) is 6.07 Å². The molecule has 0 aliphatic carbocycles. The molecular formula is C16H25FIN. The van der Waals surface area contributed by atoms with Crippen LogP contribution in [0, 0.1) is 15.3 Å². The predicted octanol–water partition coefficient (Wildman–Crippen LogP) is 5.30. The lowest BCUT2D eigenvalue weighted by Gasteiger charge is -2.24. The maximum atomic E-state index is 13.2. The number of nitrogens with one attached hydrogen (secondary N) is 1. The van der Waals surface area contributed by atoms with Gasteiger partial charge in [0.1, 0.15) is 5.82 Å². The third-order valence-corrected chi connectivity index (χ3v) is 4.64. The van der Waals surface area contributed by atoms with Crippen LogP contribution >= 0.6 is 22.6 Å². The molecule has 1 unspecified atom stereocenters. The van der Waals surface area contributed by atoms with Crippen molar-refractivity contribution in [3.8, 4) is 0 Å². The zero-order valence-electron chi connectivity index (χ0n) is 12.2. The first-order chi connectivity index (χ1) is 9.12. The first-order valence-electron chi connectivity index (χ1n) is 7.30. The van der Waals surface area contributed by atoms with Gasteiger partial charge < -0.3 is 5.32 Å². The SMILES string of the molecule is CCCNC(CC(CC)CC)c1ccc(F)cc1I. The fraction of sp³-hybridized carbons (Fsp3) is 0.625. The number of hydrogen-bond acceptors (Lipinski definition) is 1. The zero-order chi connectivity index (χ0) is 14.3. The van der Waals surface area contributed by atoms with Gasteiger partial charge in [-0.3, -0.25) is 0 Å². The number of benzene rings is 1. The van der Waals surface area contributed by atoms with Gasteiger partial charge in [0.25, 0.3) is 0 Å². The van der Waals surface area contributed by atoms with Crippen LogP contribution in [-0.2, 0) is 0 Å². The molecule has 1 N–H and O–H groups in total. The summed E-state index contributed by atoms with van der Waals surface area (Å²) in [6.45, 7) is 7.69. The largest absolute Gasteiger partial charge is 0.310 e. The maximum absolute atomic E-state index is 13.2. The standard InChI is InChI=1S/C16H25FIN/c1-4-9-19-16(10-12(5-2)6-3)14-8-7-13(17)11-15(14)18/h7-8,11-12,16,19H,4-6,9-10H2,1-3H3. The van der Waals surface area contributed by atoms with E-state index in [-0.39, 0.29) is 5.82 Å². The van der Waals surface area contributed by atoms with Gasteiger partial charge in [-0.15, -0.1) is 0 Å². The van der Waals surface area contributed by atoms with Crippen LogP contribution in [0.15, 0.2) is 18.2 Å². The highest BCUT2D eigenvalue weighted by atomic mass is 127. The topological polar surface area (TPSA) is 12.0 Å². The van der Waals surface area contributed by atoms with Crippen molar-refractivity contribution in [1.82, 2.24) is 5.32 Å². The molecular weight excluding hydrogens is 352 g/mol. The zero-order valence-corrected chi connectivity index (χ0v) is 14.3. The second-order valence-corrected chi connectivity index (χ2v) is 6.25. The van der Waals surface area contributed by atoms with Gasteiger partial charge in [0.2, 0.25) is 0 Å². The summed E-state index contributed by atoms with van der Waals surface area (Å²) in [6, 6.07) is 5.48. The van der Waals surface area contributed by atoms with Crippen LogP contribution in [0.2, 0.25) is 0 Å². The highest BCUT2D eigenvalue weighted by molar-refractivity contribution is 14.1. The molecule has 0 aromatic heterocycles. The second kappa shape index (κ2) is 8.90. The van der Waals surface area contributed by atoms with Crippen molar-refractivity contribution in [3.05, 3.63) is 33.1 Å². The van der Waals surface area contributed by atoms with Crippen molar-refractivity contribution in [3.63, 3.8) is 0 Å². The Morgan fingerprint density at radius 3 is 2.42 bits per heavy atom. The van der Waals surface area contributed by atoms with Crippen molar-refractivity contribution < 1.29 is 4.39 Å². The summed E-state index contributed by atoms with van der Waals surface area (Å²) in [6.07, 6.45) is 4.67. The fourth-order valence-corrected chi connectivity index (χ4v) is 3.23. The summed E-state index contributed by atoms with van der Waals surface area (Å²) in [5, 5.41) is 3.62. The molecule has 108 valence electrons. The summed E-state index contributed by atoms with van der Waals surface area (Å²) in [5.74, 6) is 0.583. The average Bonchev–Trinajstić information content (AvgIpc) is 2.40. The normalized spacial score (nSPS) is 12.9. The molecule has 1 aromatic carbocycles. The third kappa shape index (κ3) is 5.38. The van der Waals surface area contributed by atoms with Gasteiger partial charge in [-0.2, -0.15) is 0 Å². The molecule has 1 atom stereocenters. The Kier molecular flexibility index (Phi) is 7.91. The predicted molar refractivity (Wildman–Crippen MR) is 88.8 cm³/mol. The van der Waals surface area contributed by atoms with Crippen molar-refractivity contribution in [1.29, 1.82) is 0 Å². The van der Waals surface area contributed by atoms with E-state index in [2.05, 4.69) is 48.7 Å².